The van der Waals surface area contributed by atoms with Crippen LogP contribution in [0.1, 0.15) is 51.2 Å². The van der Waals surface area contributed by atoms with Gasteiger partial charge in [0.2, 0.25) is 0 Å². The second-order valence-electron chi connectivity index (χ2n) is 4.74. The number of unbranched alkanes of at least 4 members (excludes halogenated alkanes) is 3. The van der Waals surface area contributed by atoms with Crippen LogP contribution in [0.5, 0.6) is 0 Å². The Kier molecular flexibility index (Phi) is 6.97. The predicted molar refractivity (Wildman–Crippen MR) is 78.2 cm³/mol. The zero-order valence-electron chi connectivity index (χ0n) is 11.8. The summed E-state index contributed by atoms with van der Waals surface area (Å²) in [5.41, 5.74) is 1.49. The highest BCUT2D eigenvalue weighted by molar-refractivity contribution is 5.89. The van der Waals surface area contributed by atoms with Gasteiger partial charge in [0.15, 0.2) is 0 Å². The van der Waals surface area contributed by atoms with Gasteiger partial charge in [-0.25, -0.2) is 4.79 Å². The van der Waals surface area contributed by atoms with Crippen molar-refractivity contribution in [2.75, 3.05) is 11.9 Å². The lowest BCUT2D eigenvalue weighted by Crippen LogP contribution is -2.29. The van der Waals surface area contributed by atoms with Gasteiger partial charge in [-0.05, 0) is 31.0 Å². The monoisotopic (exact) mass is 264 g/mol. The lowest BCUT2D eigenvalue weighted by atomic mass is 10.1. The van der Waals surface area contributed by atoms with Crippen molar-refractivity contribution in [3.8, 4) is 0 Å². The Morgan fingerprint density at radius 1 is 1.32 bits per heavy atom. The molecule has 4 heteroatoms. The topological polar surface area (TPSA) is 61.4 Å². The van der Waals surface area contributed by atoms with Crippen LogP contribution in [0.4, 0.5) is 10.5 Å². The van der Waals surface area contributed by atoms with E-state index >= 15 is 0 Å². The zero-order valence-corrected chi connectivity index (χ0v) is 11.8. The first-order valence-corrected chi connectivity index (χ1v) is 6.96. The molecule has 2 amide bonds. The van der Waals surface area contributed by atoms with Gasteiger partial charge in [-0.15, -0.1) is 0 Å². The van der Waals surface area contributed by atoms with Crippen LogP contribution in [0.25, 0.3) is 0 Å². The maximum absolute atomic E-state index is 11.6. The molecule has 4 nitrogen and oxygen atoms in total. The Morgan fingerprint density at radius 3 is 2.79 bits per heavy atom. The zero-order chi connectivity index (χ0) is 14.1. The fourth-order valence-corrected chi connectivity index (χ4v) is 1.81. The number of carbonyl (C=O) groups excluding carboxylic acids is 1. The van der Waals surface area contributed by atoms with Crippen LogP contribution >= 0.6 is 0 Å². The van der Waals surface area contributed by atoms with Crippen molar-refractivity contribution in [3.05, 3.63) is 29.8 Å². The van der Waals surface area contributed by atoms with Gasteiger partial charge in [-0.2, -0.15) is 0 Å². The molecule has 0 saturated carbocycles. The van der Waals surface area contributed by atoms with Gasteiger partial charge in [-0.3, -0.25) is 0 Å². The maximum Gasteiger partial charge on any atom is 0.319 e. The standard InChI is InChI=1S/C15H24N2O2/c1-3-4-5-6-10-16-15(19)17-14-9-7-8-13(11-14)12(2)18/h7-9,11-12,18H,3-6,10H2,1-2H3,(H2,16,17,19)/t12-/m0/s1. The molecule has 3 N–H and O–H groups in total. The average Bonchev–Trinajstić information content (AvgIpc) is 2.38. The minimum atomic E-state index is -0.529. The predicted octanol–water partition coefficient (Wildman–Crippen LogP) is 3.44. The third-order valence-corrected chi connectivity index (χ3v) is 2.94. The molecule has 106 valence electrons. The summed E-state index contributed by atoms with van der Waals surface area (Å²) < 4.78 is 0. The number of benzene rings is 1. The van der Waals surface area contributed by atoms with Crippen LogP contribution in [0, 0.1) is 0 Å². The van der Waals surface area contributed by atoms with Crippen LogP contribution in [0.3, 0.4) is 0 Å². The van der Waals surface area contributed by atoms with Crippen molar-refractivity contribution in [1.29, 1.82) is 0 Å². The first-order valence-electron chi connectivity index (χ1n) is 6.96. The van der Waals surface area contributed by atoms with Gasteiger partial charge in [-0.1, -0.05) is 38.3 Å². The van der Waals surface area contributed by atoms with Crippen LogP contribution in [0.15, 0.2) is 24.3 Å². The molecule has 19 heavy (non-hydrogen) atoms. The van der Waals surface area contributed by atoms with Gasteiger partial charge in [0.05, 0.1) is 6.10 Å². The van der Waals surface area contributed by atoms with E-state index < -0.39 is 6.10 Å². The lowest BCUT2D eigenvalue weighted by molar-refractivity contribution is 0.199. The third kappa shape index (κ3) is 6.25. The number of urea groups is 1. The van der Waals surface area contributed by atoms with E-state index in [-0.39, 0.29) is 6.03 Å². The summed E-state index contributed by atoms with van der Waals surface area (Å²) in [7, 11) is 0. The van der Waals surface area contributed by atoms with Gasteiger partial charge >= 0.3 is 6.03 Å². The smallest absolute Gasteiger partial charge is 0.319 e. The maximum atomic E-state index is 11.6. The number of aliphatic hydroxyl groups is 1. The quantitative estimate of drug-likeness (QED) is 0.661. The molecule has 0 fully saturated rings. The minimum absolute atomic E-state index is 0.195. The lowest BCUT2D eigenvalue weighted by Gasteiger charge is -2.10. The second-order valence-corrected chi connectivity index (χ2v) is 4.74. The summed E-state index contributed by atoms with van der Waals surface area (Å²) in [6.07, 6.45) is 4.03. The SMILES string of the molecule is CCCCCCNC(=O)Nc1cccc([C@H](C)O)c1. The molecule has 0 saturated heterocycles. The van der Waals surface area contributed by atoms with E-state index in [9.17, 15) is 9.90 Å². The van der Waals surface area contributed by atoms with Crippen molar-refractivity contribution in [2.24, 2.45) is 0 Å². The van der Waals surface area contributed by atoms with Gasteiger partial charge in [0, 0.05) is 12.2 Å². The van der Waals surface area contributed by atoms with Gasteiger partial charge in [0.1, 0.15) is 0 Å². The number of hydrogen-bond donors (Lipinski definition) is 3. The molecule has 0 heterocycles. The van der Waals surface area contributed by atoms with E-state index in [1.807, 2.05) is 18.2 Å². The largest absolute Gasteiger partial charge is 0.389 e. The molecule has 0 aliphatic carbocycles. The Labute approximate surface area is 115 Å². The molecule has 0 aromatic heterocycles. The second kappa shape index (κ2) is 8.53. The van der Waals surface area contributed by atoms with Crippen LogP contribution in [0.2, 0.25) is 0 Å². The average molecular weight is 264 g/mol. The van der Waals surface area contributed by atoms with Crippen molar-refractivity contribution in [1.82, 2.24) is 5.32 Å². The first-order chi connectivity index (χ1) is 9.13. The molecule has 0 spiro atoms. The minimum Gasteiger partial charge on any atom is -0.389 e. The Balaban J connectivity index is 2.33. The number of nitrogens with one attached hydrogen (secondary N) is 2. The molecule has 0 bridgehead atoms. The first kappa shape index (κ1) is 15.5. The van der Waals surface area contributed by atoms with Crippen molar-refractivity contribution in [3.63, 3.8) is 0 Å². The summed E-state index contributed by atoms with van der Waals surface area (Å²) in [5, 5.41) is 15.1. The number of rotatable bonds is 7. The highest BCUT2D eigenvalue weighted by atomic mass is 16.3. The van der Waals surface area contributed by atoms with E-state index in [4.69, 9.17) is 0 Å². The molecule has 1 rings (SSSR count). The van der Waals surface area contributed by atoms with Crippen molar-refractivity contribution >= 4 is 11.7 Å². The Morgan fingerprint density at radius 2 is 2.11 bits per heavy atom. The third-order valence-electron chi connectivity index (χ3n) is 2.94. The molecule has 1 aromatic carbocycles. The number of amides is 2. The number of anilines is 1. The summed E-state index contributed by atoms with van der Waals surface area (Å²) in [6.45, 7) is 4.56. The fourth-order valence-electron chi connectivity index (χ4n) is 1.81. The molecule has 1 aromatic rings. The fraction of sp³-hybridized carbons (Fsp3) is 0.533. The highest BCUT2D eigenvalue weighted by Gasteiger charge is 2.04. The molecule has 0 radical (unpaired) electrons. The molecule has 0 unspecified atom stereocenters. The van der Waals surface area contributed by atoms with E-state index in [1.165, 1.54) is 12.8 Å². The normalized spacial score (nSPS) is 11.9. The van der Waals surface area contributed by atoms with Crippen LogP contribution in [-0.2, 0) is 0 Å². The van der Waals surface area contributed by atoms with Crippen LogP contribution in [-0.4, -0.2) is 17.7 Å². The van der Waals surface area contributed by atoms with Crippen LogP contribution < -0.4 is 10.6 Å². The van der Waals surface area contributed by atoms with E-state index in [0.29, 0.717) is 12.2 Å². The molecular formula is C15H24N2O2. The number of hydrogen-bond acceptors (Lipinski definition) is 2. The molecular weight excluding hydrogens is 240 g/mol. The number of carbonyl (C=O) groups is 1. The summed E-state index contributed by atoms with van der Waals surface area (Å²) in [4.78, 5) is 11.6. The molecule has 0 aliphatic rings. The highest BCUT2D eigenvalue weighted by Crippen LogP contribution is 2.16. The number of aliphatic hydroxyl groups excluding tert-OH is 1. The van der Waals surface area contributed by atoms with E-state index in [0.717, 1.165) is 18.4 Å². The summed E-state index contributed by atoms with van der Waals surface area (Å²) >= 11 is 0. The van der Waals surface area contributed by atoms with Gasteiger partial charge in [0.25, 0.3) is 0 Å². The van der Waals surface area contributed by atoms with E-state index in [2.05, 4.69) is 17.6 Å². The summed E-state index contributed by atoms with van der Waals surface area (Å²) in [6, 6.07) is 7.04. The van der Waals surface area contributed by atoms with Crippen molar-refractivity contribution in [2.45, 2.75) is 45.6 Å². The Hall–Kier alpha value is -1.55. The Bertz CT molecular complexity index is 391. The molecule has 1 atom stereocenters. The summed E-state index contributed by atoms with van der Waals surface area (Å²) in [5.74, 6) is 0. The van der Waals surface area contributed by atoms with Crippen molar-refractivity contribution < 1.29 is 9.90 Å². The van der Waals surface area contributed by atoms with E-state index in [1.54, 1.807) is 13.0 Å². The molecule has 0 aliphatic heterocycles. The van der Waals surface area contributed by atoms with Gasteiger partial charge < -0.3 is 15.7 Å².